The van der Waals surface area contributed by atoms with Crippen LogP contribution < -0.4 is 10.2 Å². The summed E-state index contributed by atoms with van der Waals surface area (Å²) >= 11 is 0. The number of likely N-dealkylation sites (N-methyl/N-ethyl adjacent to an activating group) is 1. The number of anilines is 1. The standard InChI is InChI=1S/C14H18N2/c1-3-8-14-9-10-15-13(14)16(2)12-7-5-4-6-11(12)14/h3-7,13,15H,1,8-10H2,2H3/t13-,14-/m1/s1. The van der Waals surface area contributed by atoms with Crippen molar-refractivity contribution in [1.29, 1.82) is 0 Å². The second-order valence-corrected chi connectivity index (χ2v) is 4.88. The Balaban J connectivity index is 2.17. The minimum absolute atomic E-state index is 0.257. The molecule has 16 heavy (non-hydrogen) atoms. The molecule has 2 nitrogen and oxygen atoms in total. The van der Waals surface area contributed by atoms with E-state index in [-0.39, 0.29) is 5.41 Å². The summed E-state index contributed by atoms with van der Waals surface area (Å²) in [5.41, 5.74) is 3.13. The number of hydrogen-bond donors (Lipinski definition) is 1. The number of benzene rings is 1. The minimum Gasteiger partial charge on any atom is -0.358 e. The minimum atomic E-state index is 0.257. The highest BCUT2D eigenvalue weighted by Gasteiger charge is 2.51. The van der Waals surface area contributed by atoms with Crippen LogP contribution in [0.3, 0.4) is 0 Å². The summed E-state index contributed by atoms with van der Waals surface area (Å²) in [5, 5.41) is 3.62. The average Bonchev–Trinajstić information content (AvgIpc) is 2.81. The fraction of sp³-hybridized carbons (Fsp3) is 0.429. The highest BCUT2D eigenvalue weighted by molar-refractivity contribution is 5.64. The predicted octanol–water partition coefficient (Wildman–Crippen LogP) is 2.27. The normalized spacial score (nSPS) is 31.3. The smallest absolute Gasteiger partial charge is 0.0895 e. The van der Waals surface area contributed by atoms with Crippen LogP contribution in [0.25, 0.3) is 0 Å². The number of fused-ring (bicyclic) bond motifs is 3. The summed E-state index contributed by atoms with van der Waals surface area (Å²) in [6.45, 7) is 5.04. The van der Waals surface area contributed by atoms with E-state index in [9.17, 15) is 0 Å². The van der Waals surface area contributed by atoms with E-state index in [1.165, 1.54) is 17.7 Å². The first-order chi connectivity index (χ1) is 7.79. The number of allylic oxidation sites excluding steroid dienone is 1. The summed E-state index contributed by atoms with van der Waals surface area (Å²) in [4.78, 5) is 2.38. The third-order valence-corrected chi connectivity index (χ3v) is 4.15. The van der Waals surface area contributed by atoms with Gasteiger partial charge in [-0.25, -0.2) is 0 Å². The molecular formula is C14H18N2. The second kappa shape index (κ2) is 3.36. The summed E-state index contributed by atoms with van der Waals surface area (Å²) in [6.07, 6.45) is 4.79. The zero-order valence-electron chi connectivity index (χ0n) is 9.74. The van der Waals surface area contributed by atoms with Crippen LogP contribution in [0.15, 0.2) is 36.9 Å². The maximum Gasteiger partial charge on any atom is 0.0895 e. The van der Waals surface area contributed by atoms with Crippen molar-refractivity contribution in [2.24, 2.45) is 0 Å². The van der Waals surface area contributed by atoms with E-state index >= 15 is 0 Å². The molecule has 0 spiro atoms. The van der Waals surface area contributed by atoms with Gasteiger partial charge in [-0.2, -0.15) is 0 Å². The molecule has 1 aromatic carbocycles. The van der Waals surface area contributed by atoms with Crippen molar-refractivity contribution >= 4 is 5.69 Å². The molecule has 1 N–H and O–H groups in total. The summed E-state index contributed by atoms with van der Waals surface area (Å²) in [6, 6.07) is 8.78. The molecule has 84 valence electrons. The third kappa shape index (κ3) is 1.05. The average molecular weight is 214 g/mol. The Labute approximate surface area is 97.0 Å². The molecule has 0 bridgehead atoms. The predicted molar refractivity (Wildman–Crippen MR) is 67.7 cm³/mol. The van der Waals surface area contributed by atoms with Gasteiger partial charge in [-0.15, -0.1) is 6.58 Å². The van der Waals surface area contributed by atoms with Crippen LogP contribution in [0.1, 0.15) is 18.4 Å². The van der Waals surface area contributed by atoms with Crippen LogP contribution in [0, 0.1) is 0 Å². The number of rotatable bonds is 2. The Hall–Kier alpha value is -1.28. The second-order valence-electron chi connectivity index (χ2n) is 4.88. The van der Waals surface area contributed by atoms with E-state index in [0.29, 0.717) is 6.17 Å². The molecule has 0 aromatic heterocycles. The van der Waals surface area contributed by atoms with E-state index in [4.69, 9.17) is 0 Å². The zero-order chi connectivity index (χ0) is 11.2. The van der Waals surface area contributed by atoms with Crippen molar-refractivity contribution in [3.05, 3.63) is 42.5 Å². The van der Waals surface area contributed by atoms with E-state index in [1.807, 2.05) is 0 Å². The van der Waals surface area contributed by atoms with Gasteiger partial charge in [0.2, 0.25) is 0 Å². The molecule has 1 fully saturated rings. The molecular weight excluding hydrogens is 196 g/mol. The van der Waals surface area contributed by atoms with Gasteiger partial charge in [-0.3, -0.25) is 5.32 Å². The Kier molecular flexibility index (Phi) is 2.08. The summed E-state index contributed by atoms with van der Waals surface area (Å²) < 4.78 is 0. The van der Waals surface area contributed by atoms with Crippen molar-refractivity contribution in [2.75, 3.05) is 18.5 Å². The monoisotopic (exact) mass is 214 g/mol. The lowest BCUT2D eigenvalue weighted by molar-refractivity contribution is 0.397. The molecule has 2 heteroatoms. The first-order valence-corrected chi connectivity index (χ1v) is 5.96. The molecule has 0 aliphatic carbocycles. The van der Waals surface area contributed by atoms with Crippen LogP contribution in [-0.4, -0.2) is 19.8 Å². The quantitative estimate of drug-likeness (QED) is 0.760. The fourth-order valence-electron chi connectivity index (χ4n) is 3.48. The van der Waals surface area contributed by atoms with Crippen LogP contribution in [0.5, 0.6) is 0 Å². The maximum atomic E-state index is 3.93. The molecule has 0 saturated carbocycles. The largest absolute Gasteiger partial charge is 0.358 e. The Morgan fingerprint density at radius 3 is 3.19 bits per heavy atom. The van der Waals surface area contributed by atoms with Gasteiger partial charge in [0.25, 0.3) is 0 Å². The number of para-hydroxylation sites is 1. The molecule has 1 aromatic rings. The molecule has 2 atom stereocenters. The van der Waals surface area contributed by atoms with Gasteiger partial charge in [0.05, 0.1) is 6.17 Å². The van der Waals surface area contributed by atoms with Crippen molar-refractivity contribution < 1.29 is 0 Å². The molecule has 2 aliphatic rings. The van der Waals surface area contributed by atoms with Crippen LogP contribution in [0.4, 0.5) is 5.69 Å². The van der Waals surface area contributed by atoms with Gasteiger partial charge in [-0.1, -0.05) is 24.3 Å². The van der Waals surface area contributed by atoms with Gasteiger partial charge in [-0.05, 0) is 31.0 Å². The molecule has 3 rings (SSSR count). The lowest BCUT2D eigenvalue weighted by Crippen LogP contribution is -2.45. The van der Waals surface area contributed by atoms with Gasteiger partial charge in [0, 0.05) is 18.2 Å². The molecule has 0 unspecified atom stereocenters. The van der Waals surface area contributed by atoms with Gasteiger partial charge in [0.1, 0.15) is 0 Å². The molecule has 2 heterocycles. The molecule has 0 radical (unpaired) electrons. The van der Waals surface area contributed by atoms with Crippen LogP contribution >= 0.6 is 0 Å². The number of nitrogens with zero attached hydrogens (tertiary/aromatic N) is 1. The van der Waals surface area contributed by atoms with E-state index in [1.54, 1.807) is 0 Å². The third-order valence-electron chi connectivity index (χ3n) is 4.15. The number of nitrogens with one attached hydrogen (secondary N) is 1. The van der Waals surface area contributed by atoms with Gasteiger partial charge >= 0.3 is 0 Å². The highest BCUT2D eigenvalue weighted by atomic mass is 15.3. The zero-order valence-corrected chi connectivity index (χ0v) is 9.74. The molecule has 2 aliphatic heterocycles. The first-order valence-electron chi connectivity index (χ1n) is 5.96. The van der Waals surface area contributed by atoms with Gasteiger partial charge in [0.15, 0.2) is 0 Å². The van der Waals surface area contributed by atoms with Crippen LogP contribution in [0.2, 0.25) is 0 Å². The molecule has 1 saturated heterocycles. The Morgan fingerprint density at radius 2 is 2.38 bits per heavy atom. The fourth-order valence-corrected chi connectivity index (χ4v) is 3.48. The molecule has 0 amide bonds. The lowest BCUT2D eigenvalue weighted by atomic mass is 9.76. The van der Waals surface area contributed by atoms with Crippen molar-refractivity contribution in [3.63, 3.8) is 0 Å². The topological polar surface area (TPSA) is 15.3 Å². The highest BCUT2D eigenvalue weighted by Crippen LogP contribution is 2.50. The first kappa shape index (κ1) is 9.91. The maximum absolute atomic E-state index is 3.93. The Bertz CT molecular complexity index is 426. The number of hydrogen-bond acceptors (Lipinski definition) is 2. The SMILES string of the molecule is C=CC[C@]12CCN[C@@H]1N(C)c1ccccc12. The summed E-state index contributed by atoms with van der Waals surface area (Å²) in [7, 11) is 2.19. The van der Waals surface area contributed by atoms with Crippen LogP contribution in [-0.2, 0) is 5.41 Å². The van der Waals surface area contributed by atoms with E-state index in [2.05, 4.69) is 54.2 Å². The van der Waals surface area contributed by atoms with E-state index in [0.717, 1.165) is 13.0 Å². The van der Waals surface area contributed by atoms with Crippen molar-refractivity contribution in [2.45, 2.75) is 24.4 Å². The van der Waals surface area contributed by atoms with E-state index < -0.39 is 0 Å². The van der Waals surface area contributed by atoms with Crippen molar-refractivity contribution in [3.8, 4) is 0 Å². The Morgan fingerprint density at radius 1 is 1.56 bits per heavy atom. The summed E-state index contributed by atoms with van der Waals surface area (Å²) in [5.74, 6) is 0. The lowest BCUT2D eigenvalue weighted by Gasteiger charge is -2.30. The van der Waals surface area contributed by atoms with Gasteiger partial charge < -0.3 is 4.90 Å². The van der Waals surface area contributed by atoms with Crippen molar-refractivity contribution in [1.82, 2.24) is 5.32 Å².